The minimum absolute atomic E-state index is 0.0289. The predicted molar refractivity (Wildman–Crippen MR) is 310 cm³/mol. The van der Waals surface area contributed by atoms with E-state index in [2.05, 4.69) is 33.5 Å². The zero-order valence-corrected chi connectivity index (χ0v) is 47.8. The molecule has 0 aliphatic carbocycles. The van der Waals surface area contributed by atoms with Crippen LogP contribution in [0.5, 0.6) is 11.5 Å². The molecule has 466 valence electrons. The third-order valence-corrected chi connectivity index (χ3v) is 15.4. The molecule has 3 fully saturated rings. The lowest BCUT2D eigenvalue weighted by molar-refractivity contribution is -0.149. The standard InChI is InChI=1S/C60H79N9O17/c1-3-4-5-27-85-41-20-16-36(17-21-41)34-8-6-33(7-9-34)35-10-12-38(13-11-35)53(78)63-42-30-46(75)58(86-28-25-62)67-57(82)50-45(74)23-26-68(50)60(84)48(44(73)22-24-61)65-56(81)49(52(77)51(76)37-14-18-39(71)19-15-37)66-55(80)43-29-40(72)31-69(43)59(83)47(32(2)70)64-54(42)79/h6-21,32,40,42-52,58,70-77H,3-5,22-31,61-62H2,1-2H3,(H,63,78)(H,64,79)(H,65,81)(H,66,80)(H,67,82). The van der Waals surface area contributed by atoms with E-state index in [0.717, 1.165) is 76.1 Å². The number of nitrogens with zero attached hydrogens (tertiary/aromatic N) is 2. The van der Waals surface area contributed by atoms with Crippen molar-refractivity contribution in [1.29, 1.82) is 0 Å². The number of hydrogen-bond donors (Lipinski definition) is 15. The zero-order chi connectivity index (χ0) is 62.4. The fourth-order valence-electron chi connectivity index (χ4n) is 10.6. The number of nitrogens with one attached hydrogen (secondary N) is 5. The number of aliphatic hydroxyl groups excluding tert-OH is 7. The Labute approximate surface area is 496 Å². The maximum absolute atomic E-state index is 14.7. The van der Waals surface area contributed by atoms with Crippen LogP contribution in [0.4, 0.5) is 0 Å². The molecule has 3 saturated heterocycles. The first kappa shape index (κ1) is 65.9. The molecular weight excluding hydrogens is 1120 g/mol. The number of carbonyl (C=O) groups is 7. The molecular formula is C60H79N9O17. The van der Waals surface area contributed by atoms with Gasteiger partial charge >= 0.3 is 0 Å². The van der Waals surface area contributed by atoms with Gasteiger partial charge in [0.1, 0.15) is 66.1 Å². The lowest BCUT2D eigenvalue weighted by Crippen LogP contribution is -2.64. The van der Waals surface area contributed by atoms with Crippen molar-refractivity contribution in [3.8, 4) is 33.8 Å². The van der Waals surface area contributed by atoms with Gasteiger partial charge in [-0.25, -0.2) is 0 Å². The van der Waals surface area contributed by atoms with Crippen molar-refractivity contribution < 1.29 is 83.9 Å². The Morgan fingerprint density at radius 3 is 1.84 bits per heavy atom. The normalized spacial score (nSPS) is 25.9. The second-order valence-corrected chi connectivity index (χ2v) is 21.8. The summed E-state index contributed by atoms with van der Waals surface area (Å²) in [6, 6.07) is 14.9. The Hall–Kier alpha value is -7.63. The van der Waals surface area contributed by atoms with Gasteiger partial charge in [0, 0.05) is 38.0 Å². The van der Waals surface area contributed by atoms with E-state index in [1.807, 2.05) is 48.5 Å². The van der Waals surface area contributed by atoms with Crippen molar-refractivity contribution in [1.82, 2.24) is 36.4 Å². The number of amides is 7. The third-order valence-electron chi connectivity index (χ3n) is 15.4. The van der Waals surface area contributed by atoms with Crippen LogP contribution < -0.4 is 42.8 Å². The summed E-state index contributed by atoms with van der Waals surface area (Å²) in [6.07, 6.45) is -13.5. The number of benzene rings is 4. The average molecular weight is 1200 g/mol. The van der Waals surface area contributed by atoms with Gasteiger partial charge in [-0.3, -0.25) is 33.6 Å². The van der Waals surface area contributed by atoms with Crippen LogP contribution >= 0.6 is 0 Å². The topological polar surface area (TPSA) is 418 Å². The van der Waals surface area contributed by atoms with E-state index < -0.39 is 146 Å². The molecule has 0 aromatic heterocycles. The number of carbonyl (C=O) groups excluding carboxylic acids is 7. The highest BCUT2D eigenvalue weighted by molar-refractivity contribution is 6.00. The number of aliphatic hydroxyl groups is 7. The number of rotatable bonds is 19. The summed E-state index contributed by atoms with van der Waals surface area (Å²) in [7, 11) is 0. The average Bonchev–Trinajstić information content (AvgIpc) is 4.09. The molecule has 14 unspecified atom stereocenters. The van der Waals surface area contributed by atoms with Gasteiger partial charge in [0.25, 0.3) is 5.91 Å². The monoisotopic (exact) mass is 1200 g/mol. The number of ether oxygens (including phenoxy) is 2. The zero-order valence-electron chi connectivity index (χ0n) is 47.8. The summed E-state index contributed by atoms with van der Waals surface area (Å²) < 4.78 is 11.6. The number of hydrogen-bond acceptors (Lipinski definition) is 19. The molecule has 0 spiro atoms. The number of aromatic hydroxyl groups is 1. The minimum Gasteiger partial charge on any atom is -0.508 e. The maximum Gasteiger partial charge on any atom is 0.251 e. The van der Waals surface area contributed by atoms with Gasteiger partial charge in [-0.2, -0.15) is 0 Å². The van der Waals surface area contributed by atoms with E-state index >= 15 is 0 Å². The fourth-order valence-corrected chi connectivity index (χ4v) is 10.6. The van der Waals surface area contributed by atoms with Crippen LogP contribution in [0.15, 0.2) is 97.1 Å². The van der Waals surface area contributed by atoms with Gasteiger partial charge in [-0.15, -0.1) is 0 Å². The van der Waals surface area contributed by atoms with E-state index in [9.17, 15) is 74.4 Å². The summed E-state index contributed by atoms with van der Waals surface area (Å²) in [6.45, 7) is 2.18. The summed E-state index contributed by atoms with van der Waals surface area (Å²) in [5, 5.41) is 102. The molecule has 86 heavy (non-hydrogen) atoms. The first-order valence-corrected chi connectivity index (χ1v) is 28.8. The van der Waals surface area contributed by atoms with Crippen LogP contribution in [0, 0.1) is 0 Å². The largest absolute Gasteiger partial charge is 0.508 e. The number of fused-ring (bicyclic) bond motifs is 2. The second kappa shape index (κ2) is 30.6. The quantitative estimate of drug-likeness (QED) is 0.0458. The Kier molecular flexibility index (Phi) is 23.5. The highest BCUT2D eigenvalue weighted by Gasteiger charge is 2.49. The van der Waals surface area contributed by atoms with E-state index in [1.165, 1.54) is 24.3 Å². The Bertz CT molecular complexity index is 2940. The Balaban J connectivity index is 1.21. The van der Waals surface area contributed by atoms with Crippen LogP contribution in [0.2, 0.25) is 0 Å². The van der Waals surface area contributed by atoms with Crippen LogP contribution in [0.3, 0.4) is 0 Å². The summed E-state index contributed by atoms with van der Waals surface area (Å²) in [5.74, 6) is -7.64. The Morgan fingerprint density at radius 1 is 0.663 bits per heavy atom. The lowest BCUT2D eigenvalue weighted by atomic mass is 9.96. The molecule has 26 heteroatoms. The van der Waals surface area contributed by atoms with E-state index in [4.69, 9.17) is 20.9 Å². The van der Waals surface area contributed by atoms with Crippen molar-refractivity contribution >= 4 is 41.4 Å². The molecule has 3 aliphatic rings. The van der Waals surface area contributed by atoms with Gasteiger partial charge in [-0.1, -0.05) is 80.4 Å². The Morgan fingerprint density at radius 2 is 1.24 bits per heavy atom. The van der Waals surface area contributed by atoms with Crippen molar-refractivity contribution in [3.63, 3.8) is 0 Å². The SMILES string of the molecule is CCCCCOc1ccc(-c2ccc(-c3ccc(C(=O)NC4CC(O)C(OCCN)NC(=O)C5C(O)CCN5C(=O)C(C(O)CCN)NC(=O)C(C(O)C(O)c5ccc(O)cc5)NC(=O)C5CC(O)CN5C(=O)C(C(C)O)NC4=O)cc3)cc2)cc1. The lowest BCUT2D eigenvalue weighted by Gasteiger charge is -2.35. The minimum atomic E-state index is -2.31. The molecule has 7 amide bonds. The molecule has 17 N–H and O–H groups in total. The third kappa shape index (κ3) is 16.5. The molecule has 4 aromatic carbocycles. The first-order chi connectivity index (χ1) is 41.1. The highest BCUT2D eigenvalue weighted by atomic mass is 16.5. The molecule has 0 radical (unpaired) electrons. The van der Waals surface area contributed by atoms with E-state index in [1.54, 1.807) is 12.1 Å². The van der Waals surface area contributed by atoms with Crippen molar-refractivity contribution in [3.05, 3.63) is 108 Å². The molecule has 26 nitrogen and oxygen atoms in total. The van der Waals surface area contributed by atoms with Crippen LogP contribution in [-0.4, -0.2) is 210 Å². The van der Waals surface area contributed by atoms with E-state index in [0.29, 0.717) is 6.61 Å². The van der Waals surface area contributed by atoms with Crippen LogP contribution in [0.25, 0.3) is 22.3 Å². The molecule has 14 atom stereocenters. The molecule has 3 heterocycles. The van der Waals surface area contributed by atoms with E-state index in [-0.39, 0.29) is 56.0 Å². The van der Waals surface area contributed by atoms with Gasteiger partial charge in [0.2, 0.25) is 35.4 Å². The maximum atomic E-state index is 14.7. The van der Waals surface area contributed by atoms with Gasteiger partial charge in [-0.05, 0) is 96.9 Å². The molecule has 0 bridgehead atoms. The number of unbranched alkanes of at least 4 members (excludes halogenated alkanes) is 2. The fraction of sp³-hybridized carbons (Fsp3) is 0.483. The smallest absolute Gasteiger partial charge is 0.251 e. The number of phenols is 1. The molecule has 3 aliphatic heterocycles. The van der Waals surface area contributed by atoms with Crippen LogP contribution in [0.1, 0.15) is 80.8 Å². The highest BCUT2D eigenvalue weighted by Crippen LogP contribution is 2.29. The molecule has 7 rings (SSSR count). The summed E-state index contributed by atoms with van der Waals surface area (Å²) in [5.41, 5.74) is 14.9. The number of phenolic OH excluding ortho intramolecular Hbond substituents is 1. The van der Waals surface area contributed by atoms with Crippen LogP contribution in [-0.2, 0) is 33.5 Å². The van der Waals surface area contributed by atoms with Gasteiger partial charge in [0.05, 0.1) is 37.6 Å². The molecule has 4 aromatic rings. The predicted octanol–water partition coefficient (Wildman–Crippen LogP) is -1.86. The van der Waals surface area contributed by atoms with Gasteiger partial charge in [0.15, 0.2) is 6.23 Å². The molecule has 0 saturated carbocycles. The van der Waals surface area contributed by atoms with Gasteiger partial charge < -0.3 is 98.2 Å². The summed E-state index contributed by atoms with van der Waals surface area (Å²) in [4.78, 5) is 103. The first-order valence-electron chi connectivity index (χ1n) is 28.8. The summed E-state index contributed by atoms with van der Waals surface area (Å²) >= 11 is 0. The van der Waals surface area contributed by atoms with Crippen molar-refractivity contribution in [2.75, 3.05) is 39.4 Å². The second-order valence-electron chi connectivity index (χ2n) is 21.8. The number of nitrogens with two attached hydrogens (primary N) is 2. The van der Waals surface area contributed by atoms with Crippen molar-refractivity contribution in [2.45, 2.75) is 144 Å². The van der Waals surface area contributed by atoms with Crippen molar-refractivity contribution in [2.24, 2.45) is 11.5 Å².